The molecule has 0 fully saturated rings. The van der Waals surface area contributed by atoms with E-state index in [0.717, 1.165) is 6.08 Å². The molecule has 2 rings (SSSR count). The Labute approximate surface area is 116 Å². The lowest BCUT2D eigenvalue weighted by molar-refractivity contribution is -0.122. The van der Waals surface area contributed by atoms with Crippen LogP contribution in [0.4, 0.5) is 0 Å². The zero-order valence-corrected chi connectivity index (χ0v) is 11.6. The fraction of sp³-hybridized carbons (Fsp3) is 0.357. The summed E-state index contributed by atoms with van der Waals surface area (Å²) in [5.74, 6) is -1.23. The van der Waals surface area contributed by atoms with E-state index in [4.69, 9.17) is 0 Å². The third-order valence-corrected chi connectivity index (χ3v) is 2.63. The minimum absolute atomic E-state index is 0.0197. The molecule has 6 nitrogen and oxygen atoms in total. The van der Waals surface area contributed by atoms with Gasteiger partial charge in [0.1, 0.15) is 11.4 Å². The van der Waals surface area contributed by atoms with Gasteiger partial charge in [0.25, 0.3) is 0 Å². The number of rotatable bonds is 2. The lowest BCUT2D eigenvalue weighted by Crippen LogP contribution is -2.34. The van der Waals surface area contributed by atoms with E-state index in [9.17, 15) is 14.4 Å². The molecular weight excluding hydrogens is 258 g/mol. The summed E-state index contributed by atoms with van der Waals surface area (Å²) in [6.45, 7) is 5.74. The van der Waals surface area contributed by atoms with Gasteiger partial charge in [-0.2, -0.15) is 0 Å². The summed E-state index contributed by atoms with van der Waals surface area (Å²) in [5.41, 5.74) is -0.251. The van der Waals surface area contributed by atoms with E-state index >= 15 is 0 Å². The minimum Gasteiger partial charge on any atom is -0.323 e. The highest BCUT2D eigenvalue weighted by Gasteiger charge is 2.29. The summed E-state index contributed by atoms with van der Waals surface area (Å²) in [6.07, 6.45) is 4.03. The normalized spacial score (nSPS) is 14.7. The second kappa shape index (κ2) is 4.96. The fourth-order valence-electron chi connectivity index (χ4n) is 1.85. The smallest absolute Gasteiger partial charge is 0.230 e. The van der Waals surface area contributed by atoms with Crippen LogP contribution < -0.4 is 5.32 Å². The van der Waals surface area contributed by atoms with Gasteiger partial charge in [-0.1, -0.05) is 20.8 Å². The van der Waals surface area contributed by atoms with E-state index in [2.05, 4.69) is 15.3 Å². The predicted molar refractivity (Wildman–Crippen MR) is 71.0 cm³/mol. The Morgan fingerprint density at radius 2 is 1.75 bits per heavy atom. The Morgan fingerprint density at radius 3 is 2.35 bits per heavy atom. The lowest BCUT2D eigenvalue weighted by atomic mass is 9.91. The van der Waals surface area contributed by atoms with Crippen LogP contribution in [-0.4, -0.2) is 27.4 Å². The number of hydrogen-bond donors (Lipinski definition) is 1. The van der Waals surface area contributed by atoms with Gasteiger partial charge in [0.05, 0.1) is 5.70 Å². The fourth-order valence-corrected chi connectivity index (χ4v) is 1.85. The number of aromatic nitrogens is 2. The molecule has 0 aromatic carbocycles. The third kappa shape index (κ3) is 2.96. The van der Waals surface area contributed by atoms with Crippen molar-refractivity contribution < 1.29 is 14.4 Å². The Morgan fingerprint density at radius 1 is 1.15 bits per heavy atom. The third-order valence-electron chi connectivity index (χ3n) is 2.63. The molecule has 0 atom stereocenters. The van der Waals surface area contributed by atoms with Crippen LogP contribution in [-0.2, 0) is 4.79 Å². The van der Waals surface area contributed by atoms with E-state index in [1.54, 1.807) is 0 Å². The van der Waals surface area contributed by atoms with Crippen LogP contribution in [0.1, 0.15) is 48.2 Å². The van der Waals surface area contributed by atoms with Gasteiger partial charge < -0.3 is 5.32 Å². The van der Waals surface area contributed by atoms with Crippen molar-refractivity contribution >= 4 is 17.5 Å². The Hall–Kier alpha value is -2.37. The highest BCUT2D eigenvalue weighted by molar-refractivity contribution is 6.23. The molecule has 20 heavy (non-hydrogen) atoms. The van der Waals surface area contributed by atoms with E-state index in [1.165, 1.54) is 12.4 Å². The van der Waals surface area contributed by atoms with E-state index < -0.39 is 11.6 Å². The molecule has 1 aromatic heterocycles. The van der Waals surface area contributed by atoms with Gasteiger partial charge in [0.2, 0.25) is 17.5 Å². The largest absolute Gasteiger partial charge is 0.323 e. The van der Waals surface area contributed by atoms with Crippen molar-refractivity contribution in [2.24, 2.45) is 5.41 Å². The van der Waals surface area contributed by atoms with Crippen molar-refractivity contribution in [3.63, 3.8) is 0 Å². The Balaban J connectivity index is 2.21. The van der Waals surface area contributed by atoms with Crippen LogP contribution in [0.25, 0.3) is 0 Å². The van der Waals surface area contributed by atoms with Crippen LogP contribution in [0.15, 0.2) is 24.2 Å². The van der Waals surface area contributed by atoms with Crippen molar-refractivity contribution in [1.29, 1.82) is 0 Å². The van der Waals surface area contributed by atoms with Gasteiger partial charge in [-0.05, 0) is 5.41 Å². The van der Waals surface area contributed by atoms with Gasteiger partial charge in [-0.25, -0.2) is 9.97 Å². The predicted octanol–water partition coefficient (Wildman–Crippen LogP) is 1.29. The maximum absolute atomic E-state index is 12.1. The summed E-state index contributed by atoms with van der Waals surface area (Å²) in [4.78, 5) is 43.5. The van der Waals surface area contributed by atoms with Gasteiger partial charge in [-0.3, -0.25) is 14.4 Å². The number of carbonyl (C=O) groups excluding carboxylic acids is 3. The number of nitrogens with one attached hydrogen (secondary N) is 1. The van der Waals surface area contributed by atoms with E-state index in [1.807, 2.05) is 20.8 Å². The molecule has 0 unspecified atom stereocenters. The van der Waals surface area contributed by atoms with Gasteiger partial charge in [-0.15, -0.1) is 0 Å². The topological polar surface area (TPSA) is 89.0 Å². The first-order valence-corrected chi connectivity index (χ1v) is 6.19. The van der Waals surface area contributed by atoms with Crippen LogP contribution in [0, 0.1) is 5.41 Å². The molecule has 0 radical (unpaired) electrons. The van der Waals surface area contributed by atoms with Crippen molar-refractivity contribution in [2.75, 3.05) is 0 Å². The van der Waals surface area contributed by atoms with Gasteiger partial charge in [0.15, 0.2) is 0 Å². The molecule has 1 aromatic rings. The molecule has 1 aliphatic carbocycles. The number of carbonyl (C=O) groups is 3. The first kappa shape index (κ1) is 14.0. The number of allylic oxidation sites excluding steroid dienone is 2. The summed E-state index contributed by atoms with van der Waals surface area (Å²) in [6, 6.07) is 0. The molecule has 0 spiro atoms. The standard InChI is InChI=1S/C14H15N3O3/c1-14(2,3)7-10(19)17-8-6-9(18)11-12(13(8)20)16-5-4-15-11/h4-6H,7H2,1-3H3,(H,17,19). The average molecular weight is 273 g/mol. The molecular formula is C14H15N3O3. The minimum atomic E-state index is -0.491. The molecule has 1 amide bonds. The van der Waals surface area contributed by atoms with E-state index in [0.29, 0.717) is 0 Å². The molecule has 104 valence electrons. The molecule has 1 aliphatic rings. The van der Waals surface area contributed by atoms with Crippen LogP contribution in [0.2, 0.25) is 0 Å². The highest BCUT2D eigenvalue weighted by atomic mass is 16.2. The van der Waals surface area contributed by atoms with Crippen molar-refractivity contribution in [2.45, 2.75) is 27.2 Å². The number of fused-ring (bicyclic) bond motifs is 1. The maximum Gasteiger partial charge on any atom is 0.230 e. The van der Waals surface area contributed by atoms with Gasteiger partial charge in [0, 0.05) is 24.9 Å². The maximum atomic E-state index is 12.1. The molecule has 0 saturated heterocycles. The molecule has 1 N–H and O–H groups in total. The number of ketones is 2. The number of nitrogens with zero attached hydrogens (tertiary/aromatic N) is 2. The first-order valence-electron chi connectivity index (χ1n) is 6.19. The molecule has 1 heterocycles. The van der Waals surface area contributed by atoms with Gasteiger partial charge >= 0.3 is 0 Å². The summed E-state index contributed by atoms with van der Waals surface area (Å²) >= 11 is 0. The average Bonchev–Trinajstić information content (AvgIpc) is 2.33. The SMILES string of the molecule is CC(C)(C)CC(=O)NC1=CC(=O)c2nccnc2C1=O. The monoisotopic (exact) mass is 273 g/mol. The second-order valence-electron chi connectivity index (χ2n) is 5.79. The second-order valence-corrected chi connectivity index (χ2v) is 5.79. The summed E-state index contributed by atoms with van der Waals surface area (Å²) in [7, 11) is 0. The van der Waals surface area contributed by atoms with E-state index in [-0.39, 0.29) is 34.8 Å². The first-order chi connectivity index (χ1) is 9.28. The quantitative estimate of drug-likeness (QED) is 0.877. The summed E-state index contributed by atoms with van der Waals surface area (Å²) in [5, 5.41) is 2.48. The lowest BCUT2D eigenvalue weighted by Gasteiger charge is -2.19. The number of Topliss-reactive ketones (excluding diaryl/α,β-unsaturated/α-hetero) is 1. The number of hydrogen-bond acceptors (Lipinski definition) is 5. The molecule has 0 saturated carbocycles. The van der Waals surface area contributed by atoms with Crippen molar-refractivity contribution in [3.05, 3.63) is 35.6 Å². The molecule has 6 heteroatoms. The molecule has 0 aliphatic heterocycles. The Kier molecular flexibility index (Phi) is 3.48. The Bertz CT molecular complexity index is 627. The zero-order chi connectivity index (χ0) is 14.9. The highest BCUT2D eigenvalue weighted by Crippen LogP contribution is 2.20. The van der Waals surface area contributed by atoms with Crippen LogP contribution in [0.5, 0.6) is 0 Å². The van der Waals surface area contributed by atoms with Crippen LogP contribution in [0.3, 0.4) is 0 Å². The van der Waals surface area contributed by atoms with Crippen molar-refractivity contribution in [1.82, 2.24) is 15.3 Å². The van der Waals surface area contributed by atoms with Crippen molar-refractivity contribution in [3.8, 4) is 0 Å². The van der Waals surface area contributed by atoms with Crippen LogP contribution >= 0.6 is 0 Å². The summed E-state index contributed by atoms with van der Waals surface area (Å²) < 4.78 is 0. The molecule has 0 bridgehead atoms. The number of amides is 1. The zero-order valence-electron chi connectivity index (χ0n) is 11.6.